The number of hydrogen-bond acceptors (Lipinski definition) is 6. The lowest BCUT2D eigenvalue weighted by Crippen LogP contribution is -2.41. The summed E-state index contributed by atoms with van der Waals surface area (Å²) in [6.07, 6.45) is 4.78. The number of aromatic nitrogens is 3. The minimum atomic E-state index is -0.197. The second-order valence-corrected chi connectivity index (χ2v) is 10.2. The van der Waals surface area contributed by atoms with Gasteiger partial charge in [0.05, 0.1) is 0 Å². The van der Waals surface area contributed by atoms with Crippen LogP contribution >= 0.6 is 0 Å². The lowest BCUT2D eigenvalue weighted by molar-refractivity contribution is -0.132. The normalized spacial score (nSPS) is 21.1. The number of hydrogen-bond donors (Lipinski definition) is 1. The van der Waals surface area contributed by atoms with Crippen molar-refractivity contribution in [1.29, 1.82) is 0 Å². The summed E-state index contributed by atoms with van der Waals surface area (Å²) in [5.74, 6) is 0.600. The van der Waals surface area contributed by atoms with Crippen LogP contribution in [0.15, 0.2) is 12.1 Å². The fourth-order valence-corrected chi connectivity index (χ4v) is 5.63. The van der Waals surface area contributed by atoms with Gasteiger partial charge in [-0.25, -0.2) is 4.98 Å². The standard InChI is InChI=1S/C26H35N7O3/c1-30-15-11-17-7-9-20(28-24(17)30)26(36)33-13-4-6-22(34)31(2)18-8-10-21-19(16-18)23(29-32(21)3)25(35)27-12-5-14-33/h7,9,18H,4-6,8,10-16H2,1-3H3,(H,27,35). The molecule has 2 aromatic heterocycles. The molecule has 4 heterocycles. The third-order valence-electron chi connectivity index (χ3n) is 7.83. The number of likely N-dealkylation sites (N-methyl/N-ethyl adjacent to an activating group) is 2. The number of rotatable bonds is 1. The molecule has 1 unspecified atom stereocenters. The first-order valence-corrected chi connectivity index (χ1v) is 12.9. The average molecular weight is 494 g/mol. The van der Waals surface area contributed by atoms with Crippen molar-refractivity contribution < 1.29 is 14.4 Å². The number of nitrogens with one attached hydrogen (secondary N) is 1. The topological polar surface area (TPSA) is 104 Å². The van der Waals surface area contributed by atoms with Crippen LogP contribution in [0.4, 0.5) is 5.82 Å². The highest BCUT2D eigenvalue weighted by atomic mass is 16.2. The van der Waals surface area contributed by atoms with Crippen LogP contribution in [0.2, 0.25) is 0 Å². The van der Waals surface area contributed by atoms with E-state index < -0.39 is 0 Å². The summed E-state index contributed by atoms with van der Waals surface area (Å²) in [7, 11) is 5.71. The van der Waals surface area contributed by atoms with E-state index in [4.69, 9.17) is 0 Å². The van der Waals surface area contributed by atoms with E-state index in [2.05, 4.69) is 20.3 Å². The smallest absolute Gasteiger partial charge is 0.272 e. The molecule has 10 heteroatoms. The fourth-order valence-electron chi connectivity index (χ4n) is 5.63. The lowest BCUT2D eigenvalue weighted by atomic mass is 9.90. The molecule has 3 aliphatic rings. The van der Waals surface area contributed by atoms with Gasteiger partial charge < -0.3 is 20.0 Å². The predicted molar refractivity (Wildman–Crippen MR) is 135 cm³/mol. The van der Waals surface area contributed by atoms with E-state index in [0.717, 1.165) is 48.4 Å². The molecule has 0 saturated heterocycles. The Balaban J connectivity index is 1.35. The van der Waals surface area contributed by atoms with Gasteiger partial charge in [0.2, 0.25) is 5.91 Å². The first kappa shape index (κ1) is 24.3. The molecule has 0 radical (unpaired) electrons. The Morgan fingerprint density at radius 2 is 1.83 bits per heavy atom. The van der Waals surface area contributed by atoms with Crippen molar-refractivity contribution in [2.24, 2.45) is 7.05 Å². The summed E-state index contributed by atoms with van der Waals surface area (Å²) in [5, 5.41) is 7.50. The van der Waals surface area contributed by atoms with E-state index in [1.807, 2.05) is 32.1 Å². The van der Waals surface area contributed by atoms with Crippen LogP contribution in [0, 0.1) is 0 Å². The van der Waals surface area contributed by atoms with Gasteiger partial charge in [-0.3, -0.25) is 19.1 Å². The van der Waals surface area contributed by atoms with Crippen LogP contribution < -0.4 is 10.2 Å². The first-order valence-electron chi connectivity index (χ1n) is 12.9. The van der Waals surface area contributed by atoms with Gasteiger partial charge in [-0.05, 0) is 50.2 Å². The van der Waals surface area contributed by atoms with Gasteiger partial charge in [-0.2, -0.15) is 5.10 Å². The molecule has 1 aliphatic carbocycles. The molecular weight excluding hydrogens is 458 g/mol. The van der Waals surface area contributed by atoms with Gasteiger partial charge in [-0.1, -0.05) is 6.07 Å². The Hall–Kier alpha value is -3.43. The molecule has 1 N–H and O–H groups in total. The molecule has 0 saturated carbocycles. The molecule has 2 bridgehead atoms. The number of carbonyl (C=O) groups excluding carboxylic acids is 3. The van der Waals surface area contributed by atoms with E-state index in [9.17, 15) is 14.4 Å². The summed E-state index contributed by atoms with van der Waals surface area (Å²) in [6, 6.07) is 3.83. The Labute approximate surface area is 211 Å². The summed E-state index contributed by atoms with van der Waals surface area (Å²) in [4.78, 5) is 49.8. The molecule has 0 fully saturated rings. The Morgan fingerprint density at radius 3 is 2.67 bits per heavy atom. The van der Waals surface area contributed by atoms with E-state index in [-0.39, 0.29) is 23.8 Å². The van der Waals surface area contributed by atoms with Gasteiger partial charge in [-0.15, -0.1) is 0 Å². The van der Waals surface area contributed by atoms with Gasteiger partial charge in [0.1, 0.15) is 11.5 Å². The molecule has 0 aromatic carbocycles. The maximum absolute atomic E-state index is 13.4. The molecule has 2 aromatic rings. The quantitative estimate of drug-likeness (QED) is 0.640. The van der Waals surface area contributed by atoms with Gasteiger partial charge in [0.15, 0.2) is 5.69 Å². The molecule has 0 spiro atoms. The highest BCUT2D eigenvalue weighted by Gasteiger charge is 2.32. The van der Waals surface area contributed by atoms with Crippen molar-refractivity contribution in [1.82, 2.24) is 29.9 Å². The average Bonchev–Trinajstić information content (AvgIpc) is 3.42. The second kappa shape index (κ2) is 9.91. The van der Waals surface area contributed by atoms with Crippen LogP contribution in [0.3, 0.4) is 0 Å². The van der Waals surface area contributed by atoms with Crippen molar-refractivity contribution in [3.05, 3.63) is 40.3 Å². The number of fused-ring (bicyclic) bond motifs is 2. The summed E-state index contributed by atoms with van der Waals surface area (Å²) < 4.78 is 1.80. The SMILES string of the molecule is CN1CCc2ccc(C(=O)N3CCCNC(=O)c4nn(C)c5c4CC(CC5)N(C)C(=O)CCC3)nc21. The zero-order valence-electron chi connectivity index (χ0n) is 21.4. The maximum atomic E-state index is 13.4. The largest absolute Gasteiger partial charge is 0.359 e. The van der Waals surface area contributed by atoms with Crippen LogP contribution in [0.25, 0.3) is 0 Å². The van der Waals surface area contributed by atoms with Crippen molar-refractivity contribution in [3.8, 4) is 0 Å². The lowest BCUT2D eigenvalue weighted by Gasteiger charge is -2.32. The van der Waals surface area contributed by atoms with E-state index in [1.54, 1.807) is 15.6 Å². The number of aryl methyl sites for hydroxylation is 1. The zero-order chi connectivity index (χ0) is 25.4. The number of amides is 3. The minimum absolute atomic E-state index is 0.0382. The van der Waals surface area contributed by atoms with Crippen LogP contribution in [0.5, 0.6) is 0 Å². The number of nitrogens with zero attached hydrogens (tertiary/aromatic N) is 6. The van der Waals surface area contributed by atoms with Crippen LogP contribution in [-0.4, -0.2) is 88.6 Å². The molecule has 10 nitrogen and oxygen atoms in total. The van der Waals surface area contributed by atoms with E-state index >= 15 is 0 Å². The summed E-state index contributed by atoms with van der Waals surface area (Å²) >= 11 is 0. The Bertz CT molecular complexity index is 1190. The number of pyridine rings is 1. The van der Waals surface area contributed by atoms with Crippen molar-refractivity contribution >= 4 is 23.5 Å². The zero-order valence-corrected chi connectivity index (χ0v) is 21.4. The third-order valence-corrected chi connectivity index (χ3v) is 7.83. The monoisotopic (exact) mass is 493 g/mol. The summed E-state index contributed by atoms with van der Waals surface area (Å²) in [6.45, 7) is 2.29. The van der Waals surface area contributed by atoms with Crippen LogP contribution in [-0.2, 0) is 31.1 Å². The molecule has 192 valence electrons. The highest BCUT2D eigenvalue weighted by molar-refractivity contribution is 5.94. The Morgan fingerprint density at radius 1 is 1.03 bits per heavy atom. The van der Waals surface area contributed by atoms with Gasteiger partial charge in [0, 0.05) is 71.0 Å². The molecule has 2 aliphatic heterocycles. The van der Waals surface area contributed by atoms with Crippen LogP contribution in [0.1, 0.15) is 63.5 Å². The van der Waals surface area contributed by atoms with E-state index in [1.165, 1.54) is 0 Å². The molecule has 1 atom stereocenters. The van der Waals surface area contributed by atoms with Gasteiger partial charge >= 0.3 is 0 Å². The van der Waals surface area contributed by atoms with Crippen molar-refractivity contribution in [2.75, 3.05) is 45.2 Å². The summed E-state index contributed by atoms with van der Waals surface area (Å²) in [5.41, 5.74) is 4.05. The molecular formula is C26H35N7O3. The fraction of sp³-hybridized carbons (Fsp3) is 0.577. The predicted octanol–water partition coefficient (Wildman–Crippen LogP) is 1.18. The molecule has 36 heavy (non-hydrogen) atoms. The number of carbonyl (C=O) groups is 3. The maximum Gasteiger partial charge on any atom is 0.272 e. The molecule has 5 rings (SSSR count). The first-order chi connectivity index (χ1) is 17.3. The second-order valence-electron chi connectivity index (χ2n) is 10.2. The van der Waals surface area contributed by atoms with Crippen molar-refractivity contribution in [2.45, 2.75) is 51.0 Å². The van der Waals surface area contributed by atoms with E-state index in [0.29, 0.717) is 56.7 Å². The third kappa shape index (κ3) is 4.56. The van der Waals surface area contributed by atoms with Gasteiger partial charge in [0.25, 0.3) is 11.8 Å². The minimum Gasteiger partial charge on any atom is -0.359 e. The number of anilines is 1. The Kier molecular flexibility index (Phi) is 6.68. The molecule has 3 amide bonds. The highest BCUT2D eigenvalue weighted by Crippen LogP contribution is 2.28. The van der Waals surface area contributed by atoms with Crippen molar-refractivity contribution in [3.63, 3.8) is 0 Å².